The van der Waals surface area contributed by atoms with E-state index in [1.54, 1.807) is 17.4 Å². The van der Waals surface area contributed by atoms with Crippen molar-refractivity contribution in [2.75, 3.05) is 4.90 Å². The average Bonchev–Trinajstić information content (AvgIpc) is 3.42. The van der Waals surface area contributed by atoms with E-state index in [1.165, 1.54) is 15.3 Å². The number of thiophene rings is 1. The van der Waals surface area contributed by atoms with Crippen molar-refractivity contribution in [3.8, 4) is 16.5 Å². The summed E-state index contributed by atoms with van der Waals surface area (Å²) in [6.45, 7) is 0. The molecule has 3 heteroatoms. The number of nitriles is 1. The molecule has 1 radical (unpaired) electrons. The van der Waals surface area contributed by atoms with Crippen LogP contribution < -0.4 is 4.90 Å². The van der Waals surface area contributed by atoms with E-state index >= 15 is 0 Å². The molecule has 0 amide bonds. The SMILES string of the molecule is N#C[C]=Cc1ccc(-c2ccc(C=Cc3ccc(N(c4ccccc4)c4ccccc4)cc3)s2)cc1. The Bertz CT molecular complexity index is 1470. The molecule has 1 aromatic heterocycles. The third-order valence-corrected chi connectivity index (χ3v) is 6.85. The van der Waals surface area contributed by atoms with E-state index in [2.05, 4.69) is 120 Å². The lowest BCUT2D eigenvalue weighted by molar-refractivity contribution is 1.28. The standard InChI is InChI=1S/C33H23N2S/c34-25-7-8-26-13-18-28(19-14-26)33-24-23-32(36-33)22-17-27-15-20-31(21-16-27)35(29-9-3-1-4-10-29)30-11-5-2-6-12-30/h1-6,8-24H. The first-order valence-electron chi connectivity index (χ1n) is 11.7. The van der Waals surface area contributed by atoms with Crippen molar-refractivity contribution < 1.29 is 0 Å². The Hall–Kier alpha value is -4.65. The third-order valence-electron chi connectivity index (χ3n) is 5.75. The number of benzene rings is 4. The monoisotopic (exact) mass is 479 g/mol. The van der Waals surface area contributed by atoms with E-state index in [9.17, 15) is 0 Å². The van der Waals surface area contributed by atoms with Crippen LogP contribution in [0, 0.1) is 17.4 Å². The Morgan fingerprint density at radius 3 is 1.78 bits per heavy atom. The average molecular weight is 480 g/mol. The highest BCUT2D eigenvalue weighted by Gasteiger charge is 2.11. The van der Waals surface area contributed by atoms with Gasteiger partial charge < -0.3 is 4.90 Å². The van der Waals surface area contributed by atoms with Crippen molar-refractivity contribution in [1.82, 2.24) is 0 Å². The quantitative estimate of drug-likeness (QED) is 0.217. The molecule has 0 aliphatic heterocycles. The molecule has 0 saturated carbocycles. The maximum Gasteiger partial charge on any atom is 0.101 e. The third kappa shape index (κ3) is 5.52. The Morgan fingerprint density at radius 2 is 1.17 bits per heavy atom. The predicted molar refractivity (Wildman–Crippen MR) is 153 cm³/mol. The molecule has 171 valence electrons. The maximum atomic E-state index is 8.63. The van der Waals surface area contributed by atoms with Gasteiger partial charge in [-0.25, -0.2) is 0 Å². The summed E-state index contributed by atoms with van der Waals surface area (Å²) in [7, 11) is 0. The molecule has 0 N–H and O–H groups in total. The zero-order valence-corrected chi connectivity index (χ0v) is 20.4. The molecule has 0 fully saturated rings. The molecular formula is C33H23N2S. The fourth-order valence-electron chi connectivity index (χ4n) is 3.97. The van der Waals surface area contributed by atoms with Gasteiger partial charge in [-0.3, -0.25) is 0 Å². The van der Waals surface area contributed by atoms with Gasteiger partial charge >= 0.3 is 0 Å². The summed E-state index contributed by atoms with van der Waals surface area (Å²) in [4.78, 5) is 4.68. The molecule has 5 aromatic rings. The first kappa shape index (κ1) is 23.1. The van der Waals surface area contributed by atoms with E-state index in [0.29, 0.717) is 0 Å². The van der Waals surface area contributed by atoms with E-state index in [-0.39, 0.29) is 0 Å². The summed E-state index contributed by atoms with van der Waals surface area (Å²) in [5.74, 6) is 0. The fraction of sp³-hybridized carbons (Fsp3) is 0. The van der Waals surface area contributed by atoms with E-state index < -0.39 is 0 Å². The molecular weight excluding hydrogens is 456 g/mol. The summed E-state index contributed by atoms with van der Waals surface area (Å²) >= 11 is 1.76. The van der Waals surface area contributed by atoms with Crippen LogP contribution in [0.4, 0.5) is 17.1 Å². The lowest BCUT2D eigenvalue weighted by Gasteiger charge is -2.25. The van der Waals surface area contributed by atoms with Gasteiger partial charge in [0.25, 0.3) is 0 Å². The Balaban J connectivity index is 1.33. The minimum atomic E-state index is 0.971. The summed E-state index contributed by atoms with van der Waals surface area (Å²) in [6.07, 6.45) is 8.56. The summed E-state index contributed by atoms with van der Waals surface area (Å²) in [5.41, 5.74) is 6.67. The number of hydrogen-bond acceptors (Lipinski definition) is 3. The van der Waals surface area contributed by atoms with Crippen LogP contribution >= 0.6 is 11.3 Å². The number of rotatable bonds is 7. The van der Waals surface area contributed by atoms with E-state index in [0.717, 1.165) is 28.2 Å². The molecule has 4 aromatic carbocycles. The van der Waals surface area contributed by atoms with E-state index in [4.69, 9.17) is 5.26 Å². The van der Waals surface area contributed by atoms with E-state index in [1.807, 2.05) is 30.3 Å². The van der Waals surface area contributed by atoms with Crippen molar-refractivity contribution in [2.45, 2.75) is 0 Å². The van der Waals surface area contributed by atoms with Crippen molar-refractivity contribution in [1.29, 1.82) is 5.26 Å². The molecule has 36 heavy (non-hydrogen) atoms. The van der Waals surface area contributed by atoms with Crippen LogP contribution in [0.2, 0.25) is 0 Å². The highest BCUT2D eigenvalue weighted by atomic mass is 32.1. The molecule has 0 spiro atoms. The van der Waals surface area contributed by atoms with Crippen molar-refractivity contribution in [3.63, 3.8) is 0 Å². The second kappa shape index (κ2) is 11.2. The molecule has 0 aliphatic carbocycles. The van der Waals surface area contributed by atoms with Crippen molar-refractivity contribution in [3.05, 3.63) is 143 Å². The van der Waals surface area contributed by atoms with Gasteiger partial charge in [0, 0.05) is 26.8 Å². The van der Waals surface area contributed by atoms with Gasteiger partial charge in [0.05, 0.1) is 6.08 Å². The molecule has 0 bridgehead atoms. The zero-order chi connectivity index (χ0) is 24.6. The van der Waals surface area contributed by atoms with Gasteiger partial charge in [-0.1, -0.05) is 78.9 Å². The van der Waals surface area contributed by atoms with Crippen LogP contribution in [0.1, 0.15) is 16.0 Å². The molecule has 5 rings (SSSR count). The van der Waals surface area contributed by atoms with Crippen LogP contribution in [0.3, 0.4) is 0 Å². The van der Waals surface area contributed by atoms with Gasteiger partial charge in [0.1, 0.15) is 6.07 Å². The number of para-hydroxylation sites is 2. The van der Waals surface area contributed by atoms with Crippen LogP contribution in [-0.2, 0) is 0 Å². The number of nitrogens with zero attached hydrogens (tertiary/aromatic N) is 2. The molecule has 0 aliphatic rings. The van der Waals surface area contributed by atoms with Crippen LogP contribution in [0.15, 0.2) is 121 Å². The van der Waals surface area contributed by atoms with Gasteiger partial charge in [-0.15, -0.1) is 11.3 Å². The summed E-state index contributed by atoms with van der Waals surface area (Å²) in [5, 5.41) is 8.63. The first-order chi connectivity index (χ1) is 17.8. The smallest absolute Gasteiger partial charge is 0.101 e. The molecule has 0 atom stereocenters. The predicted octanol–water partition coefficient (Wildman–Crippen LogP) is 9.40. The number of hydrogen-bond donors (Lipinski definition) is 0. The van der Waals surface area contributed by atoms with Gasteiger partial charge in [-0.05, 0) is 77.4 Å². The highest BCUT2D eigenvalue weighted by molar-refractivity contribution is 7.16. The second-order valence-electron chi connectivity index (χ2n) is 8.16. The minimum absolute atomic E-state index is 0.971. The normalized spacial score (nSPS) is 11.1. The lowest BCUT2D eigenvalue weighted by Crippen LogP contribution is -2.09. The highest BCUT2D eigenvalue weighted by Crippen LogP contribution is 2.34. The Labute approximate surface area is 216 Å². The molecule has 1 heterocycles. The Kier molecular flexibility index (Phi) is 7.18. The zero-order valence-electron chi connectivity index (χ0n) is 19.6. The van der Waals surface area contributed by atoms with Crippen LogP contribution in [0.25, 0.3) is 28.7 Å². The minimum Gasteiger partial charge on any atom is -0.311 e. The first-order valence-corrected chi connectivity index (χ1v) is 12.5. The largest absolute Gasteiger partial charge is 0.311 e. The molecule has 0 unspecified atom stereocenters. The van der Waals surface area contributed by atoms with Gasteiger partial charge in [0.15, 0.2) is 0 Å². The van der Waals surface area contributed by atoms with Gasteiger partial charge in [-0.2, -0.15) is 5.26 Å². The van der Waals surface area contributed by atoms with Crippen molar-refractivity contribution >= 4 is 46.6 Å². The maximum absolute atomic E-state index is 8.63. The molecule has 0 saturated heterocycles. The number of allylic oxidation sites excluding steroid dienone is 1. The topological polar surface area (TPSA) is 27.0 Å². The van der Waals surface area contributed by atoms with Gasteiger partial charge in [0.2, 0.25) is 0 Å². The summed E-state index contributed by atoms with van der Waals surface area (Å²) in [6, 6.07) is 43.9. The summed E-state index contributed by atoms with van der Waals surface area (Å²) < 4.78 is 0. The van der Waals surface area contributed by atoms with Crippen LogP contribution in [-0.4, -0.2) is 0 Å². The van der Waals surface area contributed by atoms with Crippen LogP contribution in [0.5, 0.6) is 0 Å². The van der Waals surface area contributed by atoms with Crippen molar-refractivity contribution in [2.24, 2.45) is 0 Å². The lowest BCUT2D eigenvalue weighted by atomic mass is 10.1. The molecule has 2 nitrogen and oxygen atoms in total. The fourth-order valence-corrected chi connectivity index (χ4v) is 4.89. The second-order valence-corrected chi connectivity index (χ2v) is 9.27. The number of anilines is 3. The Morgan fingerprint density at radius 1 is 0.583 bits per heavy atom.